The lowest BCUT2D eigenvalue weighted by Crippen LogP contribution is -2.40. The van der Waals surface area contributed by atoms with Crippen molar-refractivity contribution in [1.82, 2.24) is 20.4 Å². The first-order valence-corrected chi connectivity index (χ1v) is 10.2. The summed E-state index contributed by atoms with van der Waals surface area (Å²) in [7, 11) is 0. The number of hydrogen-bond acceptors (Lipinski definition) is 5. The van der Waals surface area contributed by atoms with Gasteiger partial charge in [-0.2, -0.15) is 4.98 Å². The predicted octanol–water partition coefficient (Wildman–Crippen LogP) is 4.07. The molecule has 1 atom stereocenters. The van der Waals surface area contributed by atoms with E-state index >= 15 is 0 Å². The van der Waals surface area contributed by atoms with Gasteiger partial charge in [-0.05, 0) is 43.9 Å². The van der Waals surface area contributed by atoms with Gasteiger partial charge in [0.2, 0.25) is 5.89 Å². The van der Waals surface area contributed by atoms with Gasteiger partial charge in [-0.3, -0.25) is 0 Å². The van der Waals surface area contributed by atoms with Gasteiger partial charge in [0.05, 0.1) is 12.6 Å². The molecule has 7 nitrogen and oxygen atoms in total. The Hall–Kier alpha value is -2.57. The molecule has 0 aliphatic carbocycles. The van der Waals surface area contributed by atoms with E-state index in [-0.39, 0.29) is 18.0 Å². The molecule has 0 bridgehead atoms. The van der Waals surface area contributed by atoms with Crippen LogP contribution in [0.3, 0.4) is 0 Å². The highest BCUT2D eigenvalue weighted by molar-refractivity contribution is 5.75. The van der Waals surface area contributed by atoms with E-state index in [0.29, 0.717) is 25.5 Å². The number of aromatic nitrogens is 2. The Balaban J connectivity index is 1.47. The van der Waals surface area contributed by atoms with Crippen molar-refractivity contribution in [2.75, 3.05) is 19.7 Å². The summed E-state index contributed by atoms with van der Waals surface area (Å²) in [5.74, 6) is 2.48. The van der Waals surface area contributed by atoms with Crippen molar-refractivity contribution < 1.29 is 14.1 Å². The molecule has 1 aliphatic rings. The number of benzene rings is 1. The van der Waals surface area contributed by atoms with Gasteiger partial charge in [0.25, 0.3) is 0 Å². The molecule has 2 amide bonds. The van der Waals surface area contributed by atoms with Gasteiger partial charge in [-0.25, -0.2) is 4.79 Å². The van der Waals surface area contributed by atoms with Crippen molar-refractivity contribution in [2.24, 2.45) is 0 Å². The van der Waals surface area contributed by atoms with E-state index in [4.69, 9.17) is 9.26 Å². The van der Waals surface area contributed by atoms with Crippen molar-refractivity contribution >= 4 is 6.03 Å². The molecule has 1 aromatic carbocycles. The molecule has 0 radical (unpaired) electrons. The molecule has 1 aromatic heterocycles. The van der Waals surface area contributed by atoms with E-state index in [9.17, 15) is 4.79 Å². The van der Waals surface area contributed by atoms with E-state index in [0.717, 1.165) is 42.9 Å². The largest absolute Gasteiger partial charge is 0.494 e. The highest BCUT2D eigenvalue weighted by Gasteiger charge is 2.29. The molecule has 7 heteroatoms. The minimum absolute atomic E-state index is 0.00946. The maximum atomic E-state index is 12.6. The van der Waals surface area contributed by atoms with E-state index in [2.05, 4.69) is 27.6 Å². The van der Waals surface area contributed by atoms with E-state index in [1.54, 1.807) is 0 Å². The summed E-state index contributed by atoms with van der Waals surface area (Å²) in [6, 6.07) is 8.18. The lowest BCUT2D eigenvalue weighted by Gasteiger charge is -2.25. The number of carbonyl (C=O) groups excluding carboxylic acids is 1. The molecule has 28 heavy (non-hydrogen) atoms. The monoisotopic (exact) mass is 386 g/mol. The number of aryl methyl sites for hydroxylation is 1. The minimum Gasteiger partial charge on any atom is -0.494 e. The van der Waals surface area contributed by atoms with Gasteiger partial charge in [0, 0.05) is 25.4 Å². The molecular weight excluding hydrogens is 356 g/mol. The van der Waals surface area contributed by atoms with Crippen molar-refractivity contribution in [3.05, 3.63) is 41.5 Å². The van der Waals surface area contributed by atoms with Gasteiger partial charge < -0.3 is 19.5 Å². The first kappa shape index (κ1) is 20.2. The Labute approximate surface area is 166 Å². The number of amides is 2. The Morgan fingerprint density at radius 2 is 2.14 bits per heavy atom. The normalized spacial score (nSPS) is 16.6. The summed E-state index contributed by atoms with van der Waals surface area (Å²) in [5, 5.41) is 6.99. The molecule has 0 saturated carbocycles. The standard InChI is InChI=1S/C21H30N4O3/c1-4-27-17-11-9-16(10-12-17)18-7-6-14-25(18)21(26)22-13-5-8-19-23-20(15(2)3)24-28-19/h9-12,15,18H,4-8,13-14H2,1-3H3,(H,22,26). The molecule has 1 aliphatic heterocycles. The zero-order valence-electron chi connectivity index (χ0n) is 17.0. The lowest BCUT2D eigenvalue weighted by atomic mass is 10.0. The van der Waals surface area contributed by atoms with Gasteiger partial charge in [-0.1, -0.05) is 31.1 Å². The fourth-order valence-electron chi connectivity index (χ4n) is 3.45. The van der Waals surface area contributed by atoms with Gasteiger partial charge >= 0.3 is 6.03 Å². The summed E-state index contributed by atoms with van der Waals surface area (Å²) in [6.45, 7) is 8.06. The number of likely N-dealkylation sites (tertiary alicyclic amines) is 1. The summed E-state index contributed by atoms with van der Waals surface area (Å²) < 4.78 is 10.7. The van der Waals surface area contributed by atoms with Crippen LogP contribution in [-0.4, -0.2) is 40.8 Å². The maximum absolute atomic E-state index is 12.6. The Morgan fingerprint density at radius 1 is 1.36 bits per heavy atom. The number of urea groups is 1. The van der Waals surface area contributed by atoms with Gasteiger partial charge in [-0.15, -0.1) is 0 Å². The molecule has 0 spiro atoms. The van der Waals surface area contributed by atoms with Gasteiger partial charge in [0.1, 0.15) is 5.75 Å². The minimum atomic E-state index is -0.00946. The van der Waals surface area contributed by atoms with Crippen molar-refractivity contribution in [3.63, 3.8) is 0 Å². The number of rotatable bonds is 8. The Kier molecular flexibility index (Phi) is 6.90. The van der Waals surface area contributed by atoms with E-state index in [1.807, 2.05) is 37.8 Å². The number of nitrogens with one attached hydrogen (secondary N) is 1. The van der Waals surface area contributed by atoms with Crippen LogP contribution in [0.2, 0.25) is 0 Å². The van der Waals surface area contributed by atoms with Gasteiger partial charge in [0.15, 0.2) is 5.82 Å². The number of hydrogen-bond donors (Lipinski definition) is 1. The van der Waals surface area contributed by atoms with E-state index in [1.165, 1.54) is 0 Å². The van der Waals surface area contributed by atoms with Crippen LogP contribution in [0.15, 0.2) is 28.8 Å². The first-order chi connectivity index (χ1) is 13.6. The van der Waals surface area contributed by atoms with Crippen LogP contribution in [0.25, 0.3) is 0 Å². The predicted molar refractivity (Wildman–Crippen MR) is 106 cm³/mol. The molecule has 3 rings (SSSR count). The fraction of sp³-hybridized carbons (Fsp3) is 0.571. The first-order valence-electron chi connectivity index (χ1n) is 10.2. The smallest absolute Gasteiger partial charge is 0.317 e. The second-order valence-corrected chi connectivity index (χ2v) is 7.39. The summed E-state index contributed by atoms with van der Waals surface area (Å²) >= 11 is 0. The SMILES string of the molecule is CCOc1ccc(C2CCCN2C(=O)NCCCc2nc(C(C)C)no2)cc1. The summed E-state index contributed by atoms with van der Waals surface area (Å²) in [4.78, 5) is 18.9. The van der Waals surface area contributed by atoms with Crippen LogP contribution in [0.1, 0.15) is 69.3 Å². The highest BCUT2D eigenvalue weighted by Crippen LogP contribution is 2.32. The van der Waals surface area contributed by atoms with E-state index < -0.39 is 0 Å². The third-order valence-corrected chi connectivity index (χ3v) is 4.93. The van der Waals surface area contributed by atoms with Crippen LogP contribution in [0.4, 0.5) is 4.79 Å². The van der Waals surface area contributed by atoms with Crippen LogP contribution >= 0.6 is 0 Å². The van der Waals surface area contributed by atoms with Crippen LogP contribution in [-0.2, 0) is 6.42 Å². The van der Waals surface area contributed by atoms with Crippen LogP contribution in [0, 0.1) is 0 Å². The Bertz CT molecular complexity index is 757. The molecule has 2 aromatic rings. The zero-order valence-corrected chi connectivity index (χ0v) is 17.0. The van der Waals surface area contributed by atoms with Crippen molar-refractivity contribution in [1.29, 1.82) is 0 Å². The molecule has 152 valence electrons. The number of carbonyl (C=O) groups is 1. The quantitative estimate of drug-likeness (QED) is 0.692. The average molecular weight is 386 g/mol. The Morgan fingerprint density at radius 3 is 2.82 bits per heavy atom. The highest BCUT2D eigenvalue weighted by atomic mass is 16.5. The summed E-state index contributed by atoms with van der Waals surface area (Å²) in [6.07, 6.45) is 3.45. The maximum Gasteiger partial charge on any atom is 0.317 e. The van der Waals surface area contributed by atoms with Crippen molar-refractivity contribution in [2.45, 2.75) is 58.4 Å². The van der Waals surface area contributed by atoms with Crippen LogP contribution < -0.4 is 10.1 Å². The molecule has 1 unspecified atom stereocenters. The van der Waals surface area contributed by atoms with Crippen LogP contribution in [0.5, 0.6) is 5.75 Å². The summed E-state index contributed by atoms with van der Waals surface area (Å²) in [5.41, 5.74) is 1.16. The topological polar surface area (TPSA) is 80.5 Å². The fourth-order valence-corrected chi connectivity index (χ4v) is 3.45. The molecule has 1 saturated heterocycles. The molecule has 2 heterocycles. The third kappa shape index (κ3) is 5.03. The second-order valence-electron chi connectivity index (χ2n) is 7.39. The second kappa shape index (κ2) is 9.57. The zero-order chi connectivity index (χ0) is 19.9. The average Bonchev–Trinajstić information content (AvgIpc) is 3.36. The molecule has 1 fully saturated rings. The van der Waals surface area contributed by atoms with Crippen molar-refractivity contribution in [3.8, 4) is 5.75 Å². The molecular formula is C21H30N4O3. The molecule has 1 N–H and O–H groups in total. The number of ether oxygens (including phenoxy) is 1. The third-order valence-electron chi connectivity index (χ3n) is 4.93. The number of nitrogens with zero attached hydrogens (tertiary/aromatic N) is 3. The lowest BCUT2D eigenvalue weighted by molar-refractivity contribution is 0.193.